The smallest absolute Gasteiger partial charge is 0.213 e. The van der Waals surface area contributed by atoms with Gasteiger partial charge >= 0.3 is 0 Å². The molecule has 2 heterocycles. The van der Waals surface area contributed by atoms with Gasteiger partial charge in [0.25, 0.3) is 0 Å². The van der Waals surface area contributed by atoms with E-state index in [1.807, 2.05) is 13.8 Å². The number of nitrogen functional groups attached to an aromatic ring is 1. The fourth-order valence-corrected chi connectivity index (χ4v) is 1.80. The minimum Gasteiger partial charge on any atom is -0.444 e. The molecule has 0 spiro atoms. The molecular weight excluding hydrogens is 275 g/mol. The molecular formula is C11H12Cl2N4O. The van der Waals surface area contributed by atoms with E-state index in [0.29, 0.717) is 28.3 Å². The van der Waals surface area contributed by atoms with Crippen LogP contribution in [0.4, 0.5) is 11.6 Å². The van der Waals surface area contributed by atoms with Crippen LogP contribution in [0.5, 0.6) is 0 Å². The second-order valence-corrected chi connectivity index (χ2v) is 4.60. The van der Waals surface area contributed by atoms with E-state index in [2.05, 4.69) is 15.3 Å². The number of oxazole rings is 1. The van der Waals surface area contributed by atoms with Crippen molar-refractivity contribution in [2.75, 3.05) is 11.1 Å². The molecule has 0 unspecified atom stereocenters. The van der Waals surface area contributed by atoms with E-state index in [1.165, 1.54) is 0 Å². The molecule has 7 heteroatoms. The van der Waals surface area contributed by atoms with E-state index in [-0.39, 0.29) is 5.82 Å². The molecule has 0 bridgehead atoms. The predicted octanol–water partition coefficient (Wildman–Crippen LogP) is 3.19. The maximum atomic E-state index is 5.99. The van der Waals surface area contributed by atoms with Gasteiger partial charge < -0.3 is 15.5 Å². The number of hydrogen-bond acceptors (Lipinski definition) is 5. The normalized spacial score (nSPS) is 10.7. The fourth-order valence-electron chi connectivity index (χ4n) is 1.38. The van der Waals surface area contributed by atoms with Gasteiger partial charge in [0, 0.05) is 0 Å². The summed E-state index contributed by atoms with van der Waals surface area (Å²) in [6.45, 7) is 4.12. The third-order valence-corrected chi connectivity index (χ3v) is 3.03. The lowest BCUT2D eigenvalue weighted by Gasteiger charge is -2.07. The minimum atomic E-state index is 0.225. The number of hydrogen-bond donors (Lipinski definition) is 2. The molecule has 0 aliphatic rings. The molecule has 5 nitrogen and oxygen atoms in total. The van der Waals surface area contributed by atoms with Gasteiger partial charge in [-0.1, -0.05) is 23.2 Å². The molecule has 0 radical (unpaired) electrons. The Labute approximate surface area is 114 Å². The monoisotopic (exact) mass is 286 g/mol. The molecule has 0 saturated carbocycles. The molecule has 0 fully saturated rings. The number of aryl methyl sites for hydroxylation is 2. The molecule has 2 rings (SSSR count). The number of nitrogens with zero attached hydrogens (tertiary/aromatic N) is 2. The molecule has 0 aliphatic heterocycles. The Bertz CT molecular complexity index is 563. The van der Waals surface area contributed by atoms with Gasteiger partial charge in [0.1, 0.15) is 17.4 Å². The Balaban J connectivity index is 2.13. The summed E-state index contributed by atoms with van der Waals surface area (Å²) in [4.78, 5) is 8.29. The molecule has 3 N–H and O–H groups in total. The highest BCUT2D eigenvalue weighted by Crippen LogP contribution is 2.27. The number of pyridine rings is 1. The summed E-state index contributed by atoms with van der Waals surface area (Å²) >= 11 is 11.8. The molecule has 2 aromatic rings. The van der Waals surface area contributed by atoms with Crippen LogP contribution in [0.25, 0.3) is 0 Å². The molecule has 0 amide bonds. The minimum absolute atomic E-state index is 0.225. The topological polar surface area (TPSA) is 77.0 Å². The first kappa shape index (κ1) is 13.0. The highest BCUT2D eigenvalue weighted by Gasteiger charge is 2.09. The summed E-state index contributed by atoms with van der Waals surface area (Å²) in [6, 6.07) is 1.54. The number of nitrogens with one attached hydrogen (secondary N) is 1. The summed E-state index contributed by atoms with van der Waals surface area (Å²) in [7, 11) is 0. The van der Waals surface area contributed by atoms with Crippen LogP contribution in [0.3, 0.4) is 0 Å². The highest BCUT2D eigenvalue weighted by atomic mass is 35.5. The van der Waals surface area contributed by atoms with E-state index in [1.54, 1.807) is 6.07 Å². The van der Waals surface area contributed by atoms with Crippen molar-refractivity contribution in [1.29, 1.82) is 0 Å². The Morgan fingerprint density at radius 3 is 2.61 bits per heavy atom. The van der Waals surface area contributed by atoms with Crippen LogP contribution in [0, 0.1) is 13.8 Å². The average Bonchev–Trinajstić information content (AvgIpc) is 2.62. The summed E-state index contributed by atoms with van der Waals surface area (Å²) < 4.78 is 5.43. The van der Waals surface area contributed by atoms with Gasteiger partial charge in [0.2, 0.25) is 5.89 Å². The van der Waals surface area contributed by atoms with Gasteiger partial charge in [0.05, 0.1) is 22.3 Å². The van der Waals surface area contributed by atoms with Crippen molar-refractivity contribution in [2.24, 2.45) is 0 Å². The zero-order valence-corrected chi connectivity index (χ0v) is 11.4. The molecule has 0 aliphatic carbocycles. The van der Waals surface area contributed by atoms with Gasteiger partial charge in [-0.2, -0.15) is 0 Å². The van der Waals surface area contributed by atoms with Gasteiger partial charge in [-0.25, -0.2) is 9.97 Å². The average molecular weight is 287 g/mol. The van der Waals surface area contributed by atoms with Crippen molar-refractivity contribution in [3.8, 4) is 0 Å². The predicted molar refractivity (Wildman–Crippen MR) is 72.0 cm³/mol. The summed E-state index contributed by atoms with van der Waals surface area (Å²) in [5, 5.41) is 3.72. The standard InChI is InChI=1S/C11H12Cl2N4O/c1-5-6(2)18-9(16-5)4-15-11-8(13)3-7(12)10(14)17-11/h3H,4H2,1-2H3,(H3,14,15,17). The third kappa shape index (κ3) is 2.68. The first-order valence-corrected chi connectivity index (χ1v) is 6.01. The van der Waals surface area contributed by atoms with Gasteiger partial charge in [-0.05, 0) is 19.9 Å². The number of halogens is 2. The lowest BCUT2D eigenvalue weighted by atomic mass is 10.4. The first-order valence-electron chi connectivity index (χ1n) is 5.25. The van der Waals surface area contributed by atoms with Crippen LogP contribution >= 0.6 is 23.2 Å². The Hall–Kier alpha value is -1.46. The number of aromatic nitrogens is 2. The van der Waals surface area contributed by atoms with Crippen LogP contribution in [-0.2, 0) is 6.54 Å². The van der Waals surface area contributed by atoms with E-state index in [4.69, 9.17) is 33.4 Å². The largest absolute Gasteiger partial charge is 0.444 e. The van der Waals surface area contributed by atoms with Crippen LogP contribution < -0.4 is 11.1 Å². The quantitative estimate of drug-likeness (QED) is 0.906. The van der Waals surface area contributed by atoms with Gasteiger partial charge in [-0.15, -0.1) is 0 Å². The van der Waals surface area contributed by atoms with Crippen molar-refractivity contribution in [3.05, 3.63) is 33.5 Å². The van der Waals surface area contributed by atoms with Crippen molar-refractivity contribution >= 4 is 34.8 Å². The molecule has 96 valence electrons. The molecule has 2 aromatic heterocycles. The number of rotatable bonds is 3. The second-order valence-electron chi connectivity index (χ2n) is 3.79. The van der Waals surface area contributed by atoms with Crippen molar-refractivity contribution < 1.29 is 4.42 Å². The van der Waals surface area contributed by atoms with Crippen LogP contribution in [0.15, 0.2) is 10.5 Å². The maximum Gasteiger partial charge on any atom is 0.213 e. The summed E-state index contributed by atoms with van der Waals surface area (Å²) in [5.74, 6) is 2.04. The molecule has 0 atom stereocenters. The van der Waals surface area contributed by atoms with Gasteiger partial charge in [-0.3, -0.25) is 0 Å². The summed E-state index contributed by atoms with van der Waals surface area (Å²) in [5.41, 5.74) is 6.47. The van der Waals surface area contributed by atoms with Crippen LogP contribution in [0.2, 0.25) is 10.0 Å². The zero-order chi connectivity index (χ0) is 13.3. The first-order chi connectivity index (χ1) is 8.47. The van der Waals surface area contributed by atoms with Gasteiger partial charge in [0.15, 0.2) is 0 Å². The van der Waals surface area contributed by atoms with Crippen molar-refractivity contribution in [3.63, 3.8) is 0 Å². The number of anilines is 2. The zero-order valence-electron chi connectivity index (χ0n) is 9.92. The fraction of sp³-hybridized carbons (Fsp3) is 0.273. The maximum absolute atomic E-state index is 5.99. The Kier molecular flexibility index (Phi) is 3.63. The third-order valence-electron chi connectivity index (χ3n) is 2.44. The summed E-state index contributed by atoms with van der Waals surface area (Å²) in [6.07, 6.45) is 0. The number of nitrogens with two attached hydrogens (primary N) is 1. The van der Waals surface area contributed by atoms with E-state index in [0.717, 1.165) is 11.5 Å². The van der Waals surface area contributed by atoms with Crippen LogP contribution in [-0.4, -0.2) is 9.97 Å². The molecule has 0 saturated heterocycles. The lowest BCUT2D eigenvalue weighted by molar-refractivity contribution is 0.478. The SMILES string of the molecule is Cc1nc(CNc2nc(N)c(Cl)cc2Cl)oc1C. The molecule has 0 aromatic carbocycles. The lowest BCUT2D eigenvalue weighted by Crippen LogP contribution is -2.04. The Morgan fingerprint density at radius 1 is 1.28 bits per heavy atom. The van der Waals surface area contributed by atoms with Crippen LogP contribution in [0.1, 0.15) is 17.3 Å². The van der Waals surface area contributed by atoms with Crippen molar-refractivity contribution in [2.45, 2.75) is 20.4 Å². The van der Waals surface area contributed by atoms with E-state index in [9.17, 15) is 0 Å². The molecule has 18 heavy (non-hydrogen) atoms. The highest BCUT2D eigenvalue weighted by molar-refractivity contribution is 6.37. The van der Waals surface area contributed by atoms with E-state index < -0.39 is 0 Å². The second kappa shape index (κ2) is 5.04. The van der Waals surface area contributed by atoms with Crippen molar-refractivity contribution in [1.82, 2.24) is 9.97 Å². The Morgan fingerprint density at radius 2 is 2.00 bits per heavy atom. The van der Waals surface area contributed by atoms with E-state index >= 15 is 0 Å².